The van der Waals surface area contributed by atoms with E-state index in [9.17, 15) is 19.2 Å². The molecule has 10 nitrogen and oxygen atoms in total. The minimum Gasteiger partial charge on any atom is -0.462 e. The summed E-state index contributed by atoms with van der Waals surface area (Å²) in [6.07, 6.45) is 9.43. The second-order valence-corrected chi connectivity index (χ2v) is 11.7. The van der Waals surface area contributed by atoms with Crippen LogP contribution < -0.4 is 9.47 Å². The van der Waals surface area contributed by atoms with E-state index in [-0.39, 0.29) is 36.0 Å². The molecule has 236 valence electrons. The van der Waals surface area contributed by atoms with E-state index < -0.39 is 11.9 Å². The predicted molar refractivity (Wildman–Crippen MR) is 165 cm³/mol. The van der Waals surface area contributed by atoms with E-state index in [1.165, 1.54) is 0 Å². The lowest BCUT2D eigenvalue weighted by atomic mass is 9.87. The third kappa shape index (κ3) is 12.4. The number of benzene rings is 1. The predicted octanol–water partition coefficient (Wildman–Crippen LogP) is 5.49. The van der Waals surface area contributed by atoms with Gasteiger partial charge in [0.05, 0.1) is 54.0 Å². The molecule has 1 aromatic rings. The summed E-state index contributed by atoms with van der Waals surface area (Å²) < 4.78 is 33.6. The molecule has 0 aromatic heterocycles. The van der Waals surface area contributed by atoms with Gasteiger partial charge in [0.15, 0.2) is 0 Å². The van der Waals surface area contributed by atoms with Gasteiger partial charge in [-0.1, -0.05) is 13.2 Å². The highest BCUT2D eigenvalue weighted by molar-refractivity contribution is 14.1. The van der Waals surface area contributed by atoms with Crippen LogP contribution in [0.5, 0.6) is 11.5 Å². The number of esters is 4. The zero-order chi connectivity index (χ0) is 31.0. The van der Waals surface area contributed by atoms with Gasteiger partial charge in [-0.3, -0.25) is 9.59 Å². The topological polar surface area (TPSA) is 124 Å². The quantitative estimate of drug-likeness (QED) is 0.0715. The first-order chi connectivity index (χ1) is 20.8. The van der Waals surface area contributed by atoms with Crippen molar-refractivity contribution in [3.8, 4) is 11.5 Å². The molecule has 0 atom stereocenters. The molecule has 0 bridgehead atoms. The number of hydrogen-bond donors (Lipinski definition) is 0. The van der Waals surface area contributed by atoms with E-state index in [1.54, 1.807) is 18.2 Å². The van der Waals surface area contributed by atoms with Gasteiger partial charge >= 0.3 is 23.9 Å². The summed E-state index contributed by atoms with van der Waals surface area (Å²) in [6.45, 7) is 8.28. The third-order valence-corrected chi connectivity index (χ3v) is 8.30. The molecule has 2 saturated carbocycles. The zero-order valence-corrected chi connectivity index (χ0v) is 26.6. The smallest absolute Gasteiger partial charge is 0.330 e. The summed E-state index contributed by atoms with van der Waals surface area (Å²) in [5.74, 6) is -0.961. The van der Waals surface area contributed by atoms with Gasteiger partial charge in [-0.2, -0.15) is 0 Å². The Morgan fingerprint density at radius 1 is 0.698 bits per heavy atom. The maximum atomic E-state index is 12.8. The summed E-state index contributed by atoms with van der Waals surface area (Å²) in [7, 11) is 0. The Balaban J connectivity index is 1.33. The molecule has 0 unspecified atom stereocenters. The van der Waals surface area contributed by atoms with Crippen LogP contribution in [-0.2, 0) is 38.1 Å². The van der Waals surface area contributed by atoms with Crippen LogP contribution in [0.2, 0.25) is 0 Å². The highest BCUT2D eigenvalue weighted by Gasteiger charge is 2.30. The van der Waals surface area contributed by atoms with Gasteiger partial charge < -0.3 is 28.4 Å². The zero-order valence-electron chi connectivity index (χ0n) is 24.5. The lowest BCUT2D eigenvalue weighted by molar-refractivity contribution is -0.142. The minimum absolute atomic E-state index is 0.0800. The Labute approximate surface area is 266 Å². The molecule has 0 spiro atoms. The van der Waals surface area contributed by atoms with Crippen molar-refractivity contribution in [1.29, 1.82) is 0 Å². The average molecular weight is 713 g/mol. The van der Waals surface area contributed by atoms with Crippen molar-refractivity contribution in [1.82, 2.24) is 0 Å². The number of rotatable bonds is 16. The number of halogens is 1. The van der Waals surface area contributed by atoms with Crippen LogP contribution in [0.25, 0.3) is 0 Å². The number of ether oxygens (including phenoxy) is 6. The standard InChI is InChI=1S/C32H41IO10/c1-3-29(34)40-19-5-17-38-24-11-7-22(8-12-24)31(36)42-26-15-16-28(27(33)21-26)43-32(37)23-9-13-25(14-10-23)39-18-6-20-41-30(35)4-2/h3-4,15-16,21-25H,1-2,5-14,17-20H2. The van der Waals surface area contributed by atoms with E-state index in [2.05, 4.69) is 35.7 Å². The molecule has 0 radical (unpaired) electrons. The molecule has 0 N–H and O–H groups in total. The lowest BCUT2D eigenvalue weighted by Gasteiger charge is -2.27. The van der Waals surface area contributed by atoms with Gasteiger partial charge in [-0.05, 0) is 92.2 Å². The fourth-order valence-electron chi connectivity index (χ4n) is 5.03. The first-order valence-electron chi connectivity index (χ1n) is 14.8. The molecule has 0 amide bonds. The number of carbonyl (C=O) groups excluding carboxylic acids is 4. The van der Waals surface area contributed by atoms with Gasteiger partial charge in [0.1, 0.15) is 11.5 Å². The first kappa shape index (κ1) is 34.7. The van der Waals surface area contributed by atoms with E-state index in [4.69, 9.17) is 28.4 Å². The van der Waals surface area contributed by atoms with Crippen molar-refractivity contribution in [2.24, 2.45) is 11.8 Å². The highest BCUT2D eigenvalue weighted by Crippen LogP contribution is 2.32. The maximum absolute atomic E-state index is 12.8. The summed E-state index contributed by atoms with van der Waals surface area (Å²) >= 11 is 2.08. The van der Waals surface area contributed by atoms with E-state index in [0.29, 0.717) is 80.0 Å². The van der Waals surface area contributed by atoms with Crippen molar-refractivity contribution in [2.75, 3.05) is 26.4 Å². The Hall–Kier alpha value is -2.77. The Morgan fingerprint density at radius 3 is 1.60 bits per heavy atom. The first-order valence-corrected chi connectivity index (χ1v) is 15.9. The molecule has 0 aliphatic heterocycles. The Kier molecular flexibility index (Phi) is 15.2. The molecular formula is C32H41IO10. The van der Waals surface area contributed by atoms with Crippen LogP contribution in [-0.4, -0.2) is 62.5 Å². The SMILES string of the molecule is C=CC(=O)OCCCOC1CCC(C(=O)Oc2ccc(OC(=O)C3CCC(OCCCOC(=O)C=C)CC3)c(I)c2)CC1. The molecule has 43 heavy (non-hydrogen) atoms. The molecule has 1 aromatic carbocycles. The summed E-state index contributed by atoms with van der Waals surface area (Å²) in [5, 5.41) is 0. The maximum Gasteiger partial charge on any atom is 0.330 e. The van der Waals surface area contributed by atoms with Crippen LogP contribution in [0.1, 0.15) is 64.2 Å². The minimum atomic E-state index is -0.440. The molecule has 0 saturated heterocycles. The summed E-state index contributed by atoms with van der Waals surface area (Å²) in [4.78, 5) is 47.7. The summed E-state index contributed by atoms with van der Waals surface area (Å²) in [5.41, 5.74) is 0. The van der Waals surface area contributed by atoms with Gasteiger partial charge in [-0.25, -0.2) is 9.59 Å². The number of carbonyl (C=O) groups is 4. The van der Waals surface area contributed by atoms with E-state index in [0.717, 1.165) is 37.8 Å². The summed E-state index contributed by atoms with van der Waals surface area (Å²) in [6, 6.07) is 5.01. The monoisotopic (exact) mass is 712 g/mol. The largest absolute Gasteiger partial charge is 0.462 e. The van der Waals surface area contributed by atoms with Gasteiger partial charge in [0.25, 0.3) is 0 Å². The average Bonchev–Trinajstić information content (AvgIpc) is 3.02. The van der Waals surface area contributed by atoms with Gasteiger partial charge in [0, 0.05) is 25.0 Å². The molecule has 11 heteroatoms. The number of hydrogen-bond acceptors (Lipinski definition) is 10. The van der Waals surface area contributed by atoms with Crippen molar-refractivity contribution < 1.29 is 47.6 Å². The van der Waals surface area contributed by atoms with Crippen molar-refractivity contribution in [3.05, 3.63) is 47.1 Å². The molecule has 2 aliphatic carbocycles. The lowest BCUT2D eigenvalue weighted by Crippen LogP contribution is -2.29. The van der Waals surface area contributed by atoms with Gasteiger partial charge in [-0.15, -0.1) is 0 Å². The van der Waals surface area contributed by atoms with Crippen molar-refractivity contribution in [3.63, 3.8) is 0 Å². The fraction of sp³-hybridized carbons (Fsp3) is 0.562. The van der Waals surface area contributed by atoms with E-state index in [1.807, 2.05) is 0 Å². The molecule has 3 rings (SSSR count). The fourth-order valence-corrected chi connectivity index (χ4v) is 5.63. The van der Waals surface area contributed by atoms with Crippen molar-refractivity contribution >= 4 is 46.5 Å². The second-order valence-electron chi connectivity index (χ2n) is 10.6. The molecular weight excluding hydrogens is 671 g/mol. The molecule has 2 fully saturated rings. The normalized spacial score (nSPS) is 21.7. The van der Waals surface area contributed by atoms with Crippen LogP contribution in [0, 0.1) is 15.4 Å². The molecule has 2 aliphatic rings. The van der Waals surface area contributed by atoms with Crippen molar-refractivity contribution in [2.45, 2.75) is 76.4 Å². The molecule has 0 heterocycles. The van der Waals surface area contributed by atoms with Gasteiger partial charge in [0.2, 0.25) is 0 Å². The van der Waals surface area contributed by atoms with E-state index >= 15 is 0 Å². The Morgan fingerprint density at radius 2 is 1.16 bits per heavy atom. The van der Waals surface area contributed by atoms with Crippen LogP contribution in [0.3, 0.4) is 0 Å². The Bertz CT molecular complexity index is 1100. The van der Waals surface area contributed by atoms with Crippen LogP contribution in [0.15, 0.2) is 43.5 Å². The van der Waals surface area contributed by atoms with Crippen LogP contribution >= 0.6 is 22.6 Å². The van der Waals surface area contributed by atoms with Crippen LogP contribution in [0.4, 0.5) is 0 Å². The second kappa shape index (κ2) is 18.8. The highest BCUT2D eigenvalue weighted by atomic mass is 127. The third-order valence-electron chi connectivity index (χ3n) is 7.45.